The van der Waals surface area contributed by atoms with Crippen LogP contribution in [-0.4, -0.2) is 29.1 Å². The lowest BCUT2D eigenvalue weighted by atomic mass is 10.0. The van der Waals surface area contributed by atoms with Gasteiger partial charge in [-0.2, -0.15) is 0 Å². The van der Waals surface area contributed by atoms with Crippen LogP contribution < -0.4 is 9.80 Å². The molecule has 2 aromatic rings. The number of nitrogens with zero attached hydrogens (tertiary/aromatic N) is 2. The van der Waals surface area contributed by atoms with Gasteiger partial charge in [-0.3, -0.25) is 19.3 Å². The first kappa shape index (κ1) is 16.9. The molecular formula is C21H16N2O4. The van der Waals surface area contributed by atoms with Gasteiger partial charge in [0.15, 0.2) is 6.23 Å². The third-order valence-corrected chi connectivity index (χ3v) is 4.54. The predicted octanol–water partition coefficient (Wildman–Crippen LogP) is 1.93. The van der Waals surface area contributed by atoms with Crippen LogP contribution in [-0.2, 0) is 20.8 Å². The maximum absolute atomic E-state index is 11.8. The Kier molecular flexibility index (Phi) is 4.18. The van der Waals surface area contributed by atoms with Crippen molar-refractivity contribution in [2.24, 2.45) is 0 Å². The van der Waals surface area contributed by atoms with E-state index in [1.54, 1.807) is 24.3 Å². The summed E-state index contributed by atoms with van der Waals surface area (Å²) in [6.45, 7) is 0. The van der Waals surface area contributed by atoms with Crippen molar-refractivity contribution in [2.75, 3.05) is 9.80 Å². The van der Waals surface area contributed by atoms with Crippen molar-refractivity contribution >= 4 is 29.1 Å². The third kappa shape index (κ3) is 3.18. The molecule has 2 heterocycles. The molecule has 2 aliphatic heterocycles. The van der Waals surface area contributed by atoms with Crippen molar-refractivity contribution in [3.8, 4) is 0 Å². The molecule has 0 bridgehead atoms. The quantitative estimate of drug-likeness (QED) is 0.845. The summed E-state index contributed by atoms with van der Waals surface area (Å²) in [5.74, 6) is -0.917. The minimum atomic E-state index is -0.929. The van der Waals surface area contributed by atoms with Gasteiger partial charge in [0.1, 0.15) is 0 Å². The number of amides is 3. The molecule has 0 aromatic heterocycles. The SMILES string of the molecule is O=C1C=CC(=O)N1c1ccc(Cc2ccc(N3C(=O)C=CC3O)cc2)cc1. The number of imide groups is 1. The fourth-order valence-corrected chi connectivity index (χ4v) is 3.17. The van der Waals surface area contributed by atoms with Crippen LogP contribution in [0.3, 0.4) is 0 Å². The number of hydrogen-bond acceptors (Lipinski definition) is 4. The summed E-state index contributed by atoms with van der Waals surface area (Å²) in [6.07, 6.45) is 5.05. The molecule has 0 radical (unpaired) electrons. The van der Waals surface area contributed by atoms with Gasteiger partial charge in [-0.15, -0.1) is 0 Å². The lowest BCUT2D eigenvalue weighted by molar-refractivity contribution is -0.120. The van der Waals surface area contributed by atoms with Crippen LogP contribution in [0.2, 0.25) is 0 Å². The van der Waals surface area contributed by atoms with E-state index in [1.807, 2.05) is 24.3 Å². The highest BCUT2D eigenvalue weighted by Gasteiger charge is 2.26. The number of benzene rings is 2. The van der Waals surface area contributed by atoms with Crippen molar-refractivity contribution in [3.05, 3.63) is 84.0 Å². The lowest BCUT2D eigenvalue weighted by Gasteiger charge is -2.20. The van der Waals surface area contributed by atoms with Gasteiger partial charge in [-0.25, -0.2) is 4.90 Å². The predicted molar refractivity (Wildman–Crippen MR) is 100.0 cm³/mol. The van der Waals surface area contributed by atoms with Gasteiger partial charge in [0.05, 0.1) is 5.69 Å². The molecule has 2 aromatic carbocycles. The summed E-state index contributed by atoms with van der Waals surface area (Å²) >= 11 is 0. The van der Waals surface area contributed by atoms with Crippen LogP contribution in [0.4, 0.5) is 11.4 Å². The third-order valence-electron chi connectivity index (χ3n) is 4.54. The van der Waals surface area contributed by atoms with Crippen molar-refractivity contribution in [1.29, 1.82) is 0 Å². The number of carbonyl (C=O) groups excluding carboxylic acids is 3. The summed E-state index contributed by atoms with van der Waals surface area (Å²) in [4.78, 5) is 37.6. The van der Waals surface area contributed by atoms with Crippen LogP contribution in [0.1, 0.15) is 11.1 Å². The highest BCUT2D eigenvalue weighted by molar-refractivity contribution is 6.28. The van der Waals surface area contributed by atoms with Crippen molar-refractivity contribution in [1.82, 2.24) is 0 Å². The molecular weight excluding hydrogens is 344 g/mol. The Morgan fingerprint density at radius 1 is 0.704 bits per heavy atom. The highest BCUT2D eigenvalue weighted by Crippen LogP contribution is 2.24. The van der Waals surface area contributed by atoms with Crippen LogP contribution in [0.25, 0.3) is 0 Å². The molecule has 1 unspecified atom stereocenters. The standard InChI is InChI=1S/C21H16N2O4/c24-18-9-10-19(25)22(18)16-5-1-14(2-6-16)13-15-3-7-17(8-4-15)23-20(26)11-12-21(23)27/h1-12,18,24H,13H2. The fraction of sp³-hybridized carbons (Fsp3) is 0.0952. The zero-order valence-electron chi connectivity index (χ0n) is 14.3. The average Bonchev–Trinajstić information content (AvgIpc) is 3.18. The number of anilines is 2. The van der Waals surface area contributed by atoms with Crippen LogP contribution in [0, 0.1) is 0 Å². The first-order chi connectivity index (χ1) is 13.0. The molecule has 1 N–H and O–H groups in total. The Bertz CT molecular complexity index is 956. The number of hydrogen-bond donors (Lipinski definition) is 1. The monoisotopic (exact) mass is 360 g/mol. The van der Waals surface area contributed by atoms with Crippen LogP contribution in [0.15, 0.2) is 72.8 Å². The van der Waals surface area contributed by atoms with Crippen LogP contribution >= 0.6 is 0 Å². The van der Waals surface area contributed by atoms with E-state index in [4.69, 9.17) is 0 Å². The zero-order valence-corrected chi connectivity index (χ0v) is 14.3. The molecule has 3 amide bonds. The largest absolute Gasteiger partial charge is 0.369 e. The maximum atomic E-state index is 11.8. The van der Waals surface area contributed by atoms with E-state index in [2.05, 4.69) is 0 Å². The minimum absolute atomic E-state index is 0.244. The van der Waals surface area contributed by atoms with Gasteiger partial charge >= 0.3 is 0 Å². The van der Waals surface area contributed by atoms with E-state index in [-0.39, 0.29) is 17.7 Å². The minimum Gasteiger partial charge on any atom is -0.369 e. The first-order valence-electron chi connectivity index (χ1n) is 8.46. The average molecular weight is 360 g/mol. The van der Waals surface area contributed by atoms with E-state index >= 15 is 0 Å². The summed E-state index contributed by atoms with van der Waals surface area (Å²) < 4.78 is 0. The second-order valence-corrected chi connectivity index (χ2v) is 6.34. The second kappa shape index (κ2) is 6.66. The molecule has 1 atom stereocenters. The van der Waals surface area contributed by atoms with E-state index in [1.165, 1.54) is 29.2 Å². The Balaban J connectivity index is 1.46. The number of carbonyl (C=O) groups is 3. The molecule has 0 spiro atoms. The highest BCUT2D eigenvalue weighted by atomic mass is 16.3. The Hall–Kier alpha value is -3.51. The van der Waals surface area contributed by atoms with E-state index < -0.39 is 6.23 Å². The van der Waals surface area contributed by atoms with Crippen molar-refractivity contribution < 1.29 is 19.5 Å². The van der Waals surface area contributed by atoms with Gasteiger partial charge in [-0.1, -0.05) is 24.3 Å². The Labute approximate surface area is 155 Å². The summed E-state index contributed by atoms with van der Waals surface area (Å²) in [6, 6.07) is 14.6. The van der Waals surface area contributed by atoms with E-state index in [9.17, 15) is 19.5 Å². The zero-order chi connectivity index (χ0) is 19.0. The molecule has 134 valence electrons. The van der Waals surface area contributed by atoms with Crippen molar-refractivity contribution in [3.63, 3.8) is 0 Å². The van der Waals surface area contributed by atoms with Crippen LogP contribution in [0.5, 0.6) is 0 Å². The maximum Gasteiger partial charge on any atom is 0.258 e. The summed E-state index contributed by atoms with van der Waals surface area (Å²) in [5.41, 5.74) is 3.24. The molecule has 0 aliphatic carbocycles. The fourth-order valence-electron chi connectivity index (χ4n) is 3.17. The number of aliphatic hydroxyl groups is 1. The van der Waals surface area contributed by atoms with Gasteiger partial charge in [-0.05, 0) is 47.9 Å². The number of rotatable bonds is 4. The molecule has 0 saturated carbocycles. The smallest absolute Gasteiger partial charge is 0.258 e. The lowest BCUT2D eigenvalue weighted by Crippen LogP contribution is -2.33. The first-order valence-corrected chi connectivity index (χ1v) is 8.46. The molecule has 0 saturated heterocycles. The van der Waals surface area contributed by atoms with Gasteiger partial charge in [0.2, 0.25) is 0 Å². The van der Waals surface area contributed by atoms with Gasteiger partial charge < -0.3 is 5.11 Å². The molecule has 6 heteroatoms. The Morgan fingerprint density at radius 3 is 1.70 bits per heavy atom. The second-order valence-electron chi connectivity index (χ2n) is 6.34. The van der Waals surface area contributed by atoms with Crippen molar-refractivity contribution in [2.45, 2.75) is 12.6 Å². The molecule has 0 fully saturated rings. The summed E-state index contributed by atoms with van der Waals surface area (Å²) in [5, 5.41) is 9.83. The summed E-state index contributed by atoms with van der Waals surface area (Å²) in [7, 11) is 0. The van der Waals surface area contributed by atoms with E-state index in [0.717, 1.165) is 16.0 Å². The molecule has 6 nitrogen and oxygen atoms in total. The van der Waals surface area contributed by atoms with Gasteiger partial charge in [0, 0.05) is 23.9 Å². The molecule has 4 rings (SSSR count). The number of aliphatic hydroxyl groups excluding tert-OH is 1. The normalized spacial score (nSPS) is 18.9. The molecule has 2 aliphatic rings. The van der Waals surface area contributed by atoms with E-state index in [0.29, 0.717) is 17.8 Å². The topological polar surface area (TPSA) is 77.9 Å². The molecule has 27 heavy (non-hydrogen) atoms. The van der Waals surface area contributed by atoms with Gasteiger partial charge in [0.25, 0.3) is 17.7 Å². The Morgan fingerprint density at radius 2 is 1.22 bits per heavy atom.